The summed E-state index contributed by atoms with van der Waals surface area (Å²) in [7, 11) is 7.23. The molecular formula is C54H53IrN3OSi-2. The van der Waals surface area contributed by atoms with Crippen LogP contribution in [0.1, 0.15) is 61.8 Å². The zero-order valence-corrected chi connectivity index (χ0v) is 38.8. The first kappa shape index (κ1) is 42.4. The number of rotatable bonds is 6. The third kappa shape index (κ3) is 7.86. The Bertz CT molecular complexity index is 2910. The van der Waals surface area contributed by atoms with E-state index < -0.39 is 8.07 Å². The van der Waals surface area contributed by atoms with Crippen LogP contribution in [0.15, 0.2) is 132 Å². The van der Waals surface area contributed by atoms with Crippen LogP contribution in [0.2, 0.25) is 19.6 Å². The Balaban J connectivity index is 0.000000203. The number of aromatic nitrogens is 2. The summed E-state index contributed by atoms with van der Waals surface area (Å²) < 4.78 is 10.5. The average Bonchev–Trinajstić information content (AvgIpc) is 3.91. The maximum absolute atomic E-state index is 9.50. The number of pyridine rings is 2. The number of hydrogen-bond acceptors (Lipinski definition) is 2. The van der Waals surface area contributed by atoms with E-state index in [2.05, 4.69) is 159 Å². The number of nitriles is 1. The molecule has 1 aliphatic carbocycles. The summed E-state index contributed by atoms with van der Waals surface area (Å²) in [6.07, 6.45) is 9.44. The molecule has 1 radical (unpaired) electrons. The van der Waals surface area contributed by atoms with Crippen molar-refractivity contribution in [3.63, 3.8) is 0 Å². The molecule has 3 heterocycles. The van der Waals surface area contributed by atoms with E-state index in [0.717, 1.165) is 55.6 Å². The summed E-state index contributed by atoms with van der Waals surface area (Å²) >= 11 is 0. The summed E-state index contributed by atoms with van der Waals surface area (Å²) in [5, 5.41) is 15.4. The summed E-state index contributed by atoms with van der Waals surface area (Å²) in [5.74, 6) is 0.677. The second kappa shape index (κ2) is 16.7. The standard InChI is InChI=1S/C34H31N2O.C20H22NSi.Ir/c1-22-18-28(24-10-6-5-7-11-24)32-27-15-14-23(21-35)19-30(27)37-33(32)31(22)29-20-26(16-17-36(29)4)34(2,3)25-12-8-9-13-25;1-15-10-11-16-8-6-7-9-18(16)20(15)19-13-12-17(14-21(19)2)22(3,4)5;/h5-7,10-11,14-20,25H,1,4,8-9,12-13H2,2-3H3;6-14H,1-2H2,3-5H3;/q2*-1;. The third-order valence-electron chi connectivity index (χ3n) is 12.6. The van der Waals surface area contributed by atoms with E-state index in [-0.39, 0.29) is 25.5 Å². The molecule has 5 aromatic carbocycles. The SMILES string of the molecule is [CH2-]c1cc(-c2ccccc2)c2c(oc3cc(C#N)ccc32)c1-c1cc(C(C)(C)C2CCCC2)cc[n+]1[CH2-].[CH2-]c1ccc2ccccc2c1-c1ccc([Si](C)(C)C)c[n+]1[CH2-].[Ir]. The molecule has 0 aliphatic heterocycles. The van der Waals surface area contributed by atoms with Crippen molar-refractivity contribution in [2.45, 2.75) is 64.6 Å². The predicted octanol–water partition coefficient (Wildman–Crippen LogP) is 12.5. The zero-order chi connectivity index (χ0) is 41.6. The monoisotopic (exact) mass is 980 g/mol. The predicted molar refractivity (Wildman–Crippen MR) is 247 cm³/mol. The van der Waals surface area contributed by atoms with Crippen LogP contribution in [0.3, 0.4) is 0 Å². The van der Waals surface area contributed by atoms with Crippen molar-refractivity contribution < 1.29 is 33.7 Å². The van der Waals surface area contributed by atoms with Crippen LogP contribution in [0, 0.1) is 45.2 Å². The normalized spacial score (nSPS) is 13.2. The molecule has 0 N–H and O–H groups in total. The Morgan fingerprint density at radius 2 is 1.45 bits per heavy atom. The first-order chi connectivity index (χ1) is 28.3. The number of nitrogens with zero attached hydrogens (tertiary/aromatic N) is 3. The molecule has 305 valence electrons. The van der Waals surface area contributed by atoms with Gasteiger partial charge in [0, 0.05) is 45.0 Å². The Morgan fingerprint density at radius 1 is 0.733 bits per heavy atom. The van der Waals surface area contributed by atoms with Crippen LogP contribution in [0.4, 0.5) is 0 Å². The molecule has 8 aromatic rings. The fourth-order valence-electron chi connectivity index (χ4n) is 9.06. The minimum Gasteiger partial charge on any atom is -0.469 e. The van der Waals surface area contributed by atoms with Crippen LogP contribution in [-0.2, 0) is 25.5 Å². The van der Waals surface area contributed by atoms with Gasteiger partial charge in [-0.2, -0.15) is 42.4 Å². The van der Waals surface area contributed by atoms with Gasteiger partial charge in [0.15, 0.2) is 0 Å². The summed E-state index contributed by atoms with van der Waals surface area (Å²) in [4.78, 5) is 0. The largest absolute Gasteiger partial charge is 0.469 e. The number of benzene rings is 5. The van der Waals surface area contributed by atoms with Gasteiger partial charge in [0.05, 0.1) is 49.1 Å². The average molecular weight is 980 g/mol. The maximum Gasteiger partial charge on any atom is 0.135 e. The topological polar surface area (TPSA) is 44.7 Å². The van der Waals surface area contributed by atoms with Crippen molar-refractivity contribution in [2.24, 2.45) is 5.92 Å². The Morgan fingerprint density at radius 3 is 2.15 bits per heavy atom. The molecule has 60 heavy (non-hydrogen) atoms. The number of hydrogen-bond donors (Lipinski definition) is 0. The van der Waals surface area contributed by atoms with Gasteiger partial charge in [-0.25, -0.2) is 0 Å². The molecule has 0 bridgehead atoms. The fourth-order valence-corrected chi connectivity index (χ4v) is 10.2. The minimum atomic E-state index is -1.33. The molecule has 0 unspecified atom stereocenters. The quantitative estimate of drug-likeness (QED) is 0.0947. The van der Waals surface area contributed by atoms with Gasteiger partial charge < -0.3 is 13.6 Å². The molecule has 0 amide bonds. The van der Waals surface area contributed by atoms with E-state index in [1.807, 2.05) is 45.5 Å². The molecule has 0 atom stereocenters. The van der Waals surface area contributed by atoms with Crippen molar-refractivity contribution in [2.75, 3.05) is 0 Å². The third-order valence-corrected chi connectivity index (χ3v) is 14.6. The summed E-state index contributed by atoms with van der Waals surface area (Å²) in [6, 6.07) is 42.0. The molecule has 0 spiro atoms. The van der Waals surface area contributed by atoms with Crippen LogP contribution in [-0.4, -0.2) is 8.07 Å². The van der Waals surface area contributed by atoms with E-state index in [1.54, 1.807) is 0 Å². The van der Waals surface area contributed by atoms with Gasteiger partial charge >= 0.3 is 0 Å². The van der Waals surface area contributed by atoms with Crippen LogP contribution >= 0.6 is 0 Å². The van der Waals surface area contributed by atoms with Crippen LogP contribution in [0.5, 0.6) is 0 Å². The van der Waals surface area contributed by atoms with Crippen LogP contribution < -0.4 is 14.3 Å². The van der Waals surface area contributed by atoms with Crippen molar-refractivity contribution in [1.29, 1.82) is 5.26 Å². The zero-order valence-electron chi connectivity index (χ0n) is 35.4. The van der Waals surface area contributed by atoms with Gasteiger partial charge in [0.2, 0.25) is 0 Å². The second-order valence-electron chi connectivity index (χ2n) is 17.8. The Kier molecular flexibility index (Phi) is 11.8. The van der Waals surface area contributed by atoms with Crippen molar-refractivity contribution in [3.8, 4) is 39.7 Å². The van der Waals surface area contributed by atoms with Gasteiger partial charge in [0.25, 0.3) is 0 Å². The van der Waals surface area contributed by atoms with Gasteiger partial charge in [-0.3, -0.25) is 0 Å². The van der Waals surface area contributed by atoms with E-state index in [4.69, 9.17) is 4.42 Å². The van der Waals surface area contributed by atoms with Crippen molar-refractivity contribution in [3.05, 3.63) is 178 Å². The Hall–Kier alpha value is -5.70. The van der Waals surface area contributed by atoms with Crippen molar-refractivity contribution in [1.82, 2.24) is 0 Å². The molecule has 1 fully saturated rings. The summed E-state index contributed by atoms with van der Waals surface area (Å²) in [6.45, 7) is 20.5. The first-order valence-electron chi connectivity index (χ1n) is 20.7. The van der Waals surface area contributed by atoms with Gasteiger partial charge in [-0.05, 0) is 53.3 Å². The fraction of sp³-hybridized carbons (Fsp3) is 0.204. The molecule has 6 heteroatoms. The van der Waals surface area contributed by atoms with E-state index in [1.165, 1.54) is 52.8 Å². The molecule has 4 nitrogen and oxygen atoms in total. The van der Waals surface area contributed by atoms with E-state index >= 15 is 0 Å². The smallest absolute Gasteiger partial charge is 0.135 e. The molecule has 3 aromatic heterocycles. The summed E-state index contributed by atoms with van der Waals surface area (Å²) in [5.41, 5.74) is 11.8. The number of fused-ring (bicyclic) bond motifs is 4. The molecule has 1 saturated carbocycles. The molecule has 9 rings (SSSR count). The van der Waals surface area contributed by atoms with Crippen molar-refractivity contribution >= 4 is 46.0 Å². The maximum atomic E-state index is 9.50. The minimum absolute atomic E-state index is 0. The molecular weight excluding hydrogens is 927 g/mol. The molecule has 1 aliphatic rings. The van der Waals surface area contributed by atoms with Gasteiger partial charge in [-0.15, -0.1) is 11.6 Å². The van der Waals surface area contributed by atoms with Gasteiger partial charge in [0.1, 0.15) is 5.58 Å². The Labute approximate surface area is 370 Å². The molecule has 0 saturated heterocycles. The van der Waals surface area contributed by atoms with E-state index in [0.29, 0.717) is 17.1 Å². The van der Waals surface area contributed by atoms with Crippen LogP contribution in [0.25, 0.3) is 66.4 Å². The van der Waals surface area contributed by atoms with E-state index in [9.17, 15) is 5.26 Å². The van der Waals surface area contributed by atoms with Gasteiger partial charge in [-0.1, -0.05) is 152 Å². The first-order valence-corrected chi connectivity index (χ1v) is 24.2. The number of furan rings is 1. The second-order valence-corrected chi connectivity index (χ2v) is 22.8.